The molecule has 1 aromatic carbocycles. The van der Waals surface area contributed by atoms with Crippen molar-refractivity contribution in [3.05, 3.63) is 60.0 Å². The van der Waals surface area contributed by atoms with Crippen LogP contribution in [0.1, 0.15) is 29.9 Å². The second kappa shape index (κ2) is 6.05. The second-order valence-corrected chi connectivity index (χ2v) is 6.66. The van der Waals surface area contributed by atoms with Crippen LogP contribution in [-0.2, 0) is 6.42 Å². The molecule has 0 bridgehead atoms. The molecule has 0 radical (unpaired) electrons. The maximum atomic E-state index is 4.46. The summed E-state index contributed by atoms with van der Waals surface area (Å²) in [6.07, 6.45) is 7.17. The van der Waals surface area contributed by atoms with Crippen LogP contribution >= 0.6 is 11.8 Å². The van der Waals surface area contributed by atoms with E-state index in [1.807, 2.05) is 17.8 Å². The summed E-state index contributed by atoms with van der Waals surface area (Å²) in [4.78, 5) is 13.0. The van der Waals surface area contributed by atoms with E-state index in [1.165, 1.54) is 30.4 Å². The summed E-state index contributed by atoms with van der Waals surface area (Å²) in [5, 5.41) is 2.10. The molecule has 0 saturated heterocycles. The zero-order chi connectivity index (χ0) is 14.8. The molecule has 2 aromatic heterocycles. The van der Waals surface area contributed by atoms with Crippen molar-refractivity contribution < 1.29 is 0 Å². The van der Waals surface area contributed by atoms with Gasteiger partial charge in [0.1, 0.15) is 11.4 Å². The van der Waals surface area contributed by atoms with Gasteiger partial charge in [0.05, 0.1) is 5.39 Å². The van der Waals surface area contributed by atoms with Gasteiger partial charge in [-0.05, 0) is 48.4 Å². The third-order valence-corrected chi connectivity index (χ3v) is 5.45. The van der Waals surface area contributed by atoms with Crippen LogP contribution in [0.15, 0.2) is 53.9 Å². The largest absolute Gasteiger partial charge is 0.237 e. The molecule has 4 heteroatoms. The molecule has 4 rings (SSSR count). The highest BCUT2D eigenvalue weighted by atomic mass is 32.2. The van der Waals surface area contributed by atoms with Crippen LogP contribution in [0.5, 0.6) is 0 Å². The van der Waals surface area contributed by atoms with E-state index in [4.69, 9.17) is 0 Å². The fraction of sp³-hybridized carbons (Fsp3) is 0.278. The van der Waals surface area contributed by atoms with E-state index >= 15 is 0 Å². The van der Waals surface area contributed by atoms with Crippen LogP contribution in [0.2, 0.25) is 0 Å². The standard InChI is InChI=1S/C18H17N3S/c1-2-8-15-13(5-1)6-3-7-14(15)11-22-18-16-9-4-10-19-17(16)20-12-21-18/h1-2,4-5,8-10,12,14H,3,6-7,11H2. The van der Waals surface area contributed by atoms with Crippen LogP contribution < -0.4 is 0 Å². The minimum absolute atomic E-state index is 0.622. The zero-order valence-corrected chi connectivity index (χ0v) is 13.1. The average Bonchev–Trinajstić information content (AvgIpc) is 2.60. The van der Waals surface area contributed by atoms with Crippen molar-refractivity contribution in [2.45, 2.75) is 30.2 Å². The van der Waals surface area contributed by atoms with Gasteiger partial charge in [0, 0.05) is 11.9 Å². The van der Waals surface area contributed by atoms with Gasteiger partial charge in [-0.25, -0.2) is 15.0 Å². The maximum Gasteiger partial charge on any atom is 0.163 e. The first-order valence-electron chi connectivity index (χ1n) is 7.68. The number of hydrogen-bond donors (Lipinski definition) is 0. The lowest BCUT2D eigenvalue weighted by Crippen LogP contribution is -2.11. The average molecular weight is 307 g/mol. The molecule has 0 amide bonds. The third-order valence-electron chi connectivity index (χ3n) is 4.29. The summed E-state index contributed by atoms with van der Waals surface area (Å²) in [6.45, 7) is 0. The molecule has 1 atom stereocenters. The molecule has 3 aromatic rings. The van der Waals surface area contributed by atoms with E-state index in [-0.39, 0.29) is 0 Å². The summed E-state index contributed by atoms with van der Waals surface area (Å²) >= 11 is 1.83. The van der Waals surface area contributed by atoms with Crippen molar-refractivity contribution in [1.29, 1.82) is 0 Å². The zero-order valence-electron chi connectivity index (χ0n) is 12.3. The lowest BCUT2D eigenvalue weighted by molar-refractivity contribution is 0.596. The number of thioether (sulfide) groups is 1. The number of rotatable bonds is 3. The van der Waals surface area contributed by atoms with Crippen molar-refractivity contribution in [2.75, 3.05) is 5.75 Å². The van der Waals surface area contributed by atoms with E-state index in [0.29, 0.717) is 5.92 Å². The predicted molar refractivity (Wildman–Crippen MR) is 90.2 cm³/mol. The molecular weight excluding hydrogens is 290 g/mol. The molecule has 1 aliphatic rings. The number of aromatic nitrogens is 3. The molecule has 3 nitrogen and oxygen atoms in total. The topological polar surface area (TPSA) is 38.7 Å². The molecule has 0 N–H and O–H groups in total. The number of benzene rings is 1. The third kappa shape index (κ3) is 2.59. The highest BCUT2D eigenvalue weighted by Crippen LogP contribution is 2.36. The summed E-state index contributed by atoms with van der Waals surface area (Å²) in [6, 6.07) is 12.9. The highest BCUT2D eigenvalue weighted by molar-refractivity contribution is 7.99. The Morgan fingerprint density at radius 3 is 3.00 bits per heavy atom. The maximum absolute atomic E-state index is 4.46. The predicted octanol–water partition coefficient (Wildman–Crippen LogP) is 4.24. The summed E-state index contributed by atoms with van der Waals surface area (Å²) in [7, 11) is 0. The van der Waals surface area contributed by atoms with Crippen molar-refractivity contribution in [1.82, 2.24) is 15.0 Å². The molecule has 22 heavy (non-hydrogen) atoms. The van der Waals surface area contributed by atoms with Gasteiger partial charge in [-0.2, -0.15) is 0 Å². The van der Waals surface area contributed by atoms with Gasteiger partial charge in [0.25, 0.3) is 0 Å². The van der Waals surface area contributed by atoms with E-state index in [9.17, 15) is 0 Å². The molecule has 110 valence electrons. The van der Waals surface area contributed by atoms with Crippen molar-refractivity contribution in [3.63, 3.8) is 0 Å². The minimum Gasteiger partial charge on any atom is -0.237 e. The monoisotopic (exact) mass is 307 g/mol. The van der Waals surface area contributed by atoms with E-state index in [2.05, 4.69) is 45.3 Å². The smallest absolute Gasteiger partial charge is 0.163 e. The first kappa shape index (κ1) is 13.7. The Morgan fingerprint density at radius 1 is 1.05 bits per heavy atom. The van der Waals surface area contributed by atoms with Crippen molar-refractivity contribution in [3.8, 4) is 0 Å². The Hall–Kier alpha value is -1.94. The Bertz CT molecular complexity index is 798. The Labute approximate surface area is 134 Å². The molecular formula is C18H17N3S. The molecule has 0 aliphatic heterocycles. The van der Waals surface area contributed by atoms with Crippen LogP contribution in [0.25, 0.3) is 11.0 Å². The van der Waals surface area contributed by atoms with Gasteiger partial charge in [0.15, 0.2) is 5.65 Å². The van der Waals surface area contributed by atoms with E-state index in [0.717, 1.165) is 21.8 Å². The van der Waals surface area contributed by atoms with E-state index in [1.54, 1.807) is 12.5 Å². The fourth-order valence-corrected chi connectivity index (χ4v) is 4.34. The van der Waals surface area contributed by atoms with Gasteiger partial charge in [-0.15, -0.1) is 11.8 Å². The van der Waals surface area contributed by atoms with Gasteiger partial charge in [-0.3, -0.25) is 0 Å². The van der Waals surface area contributed by atoms with Gasteiger partial charge in [0.2, 0.25) is 0 Å². The number of aryl methyl sites for hydroxylation is 1. The quantitative estimate of drug-likeness (QED) is 0.536. The molecule has 0 spiro atoms. The first-order valence-corrected chi connectivity index (χ1v) is 8.67. The first-order chi connectivity index (χ1) is 10.9. The van der Waals surface area contributed by atoms with Crippen LogP contribution in [0, 0.1) is 0 Å². The van der Waals surface area contributed by atoms with Crippen LogP contribution in [0.3, 0.4) is 0 Å². The normalized spacial score (nSPS) is 17.4. The van der Waals surface area contributed by atoms with E-state index < -0.39 is 0 Å². The summed E-state index contributed by atoms with van der Waals surface area (Å²) < 4.78 is 0. The Balaban J connectivity index is 1.58. The number of pyridine rings is 1. The van der Waals surface area contributed by atoms with Gasteiger partial charge < -0.3 is 0 Å². The number of nitrogens with zero attached hydrogens (tertiary/aromatic N) is 3. The lowest BCUT2D eigenvalue weighted by atomic mass is 9.84. The SMILES string of the molecule is c1ccc2c(c1)CCCC2CSc1ncnc2ncccc12. The van der Waals surface area contributed by atoms with Crippen LogP contribution in [-0.4, -0.2) is 20.7 Å². The van der Waals surface area contributed by atoms with Gasteiger partial charge in [-0.1, -0.05) is 24.3 Å². The van der Waals surface area contributed by atoms with Crippen molar-refractivity contribution in [2.24, 2.45) is 0 Å². The Kier molecular flexibility index (Phi) is 3.77. The Morgan fingerprint density at radius 2 is 2.00 bits per heavy atom. The molecule has 1 aliphatic carbocycles. The molecule has 1 unspecified atom stereocenters. The minimum atomic E-state index is 0.622. The lowest BCUT2D eigenvalue weighted by Gasteiger charge is -2.25. The fourth-order valence-electron chi connectivity index (χ4n) is 3.19. The summed E-state index contributed by atoms with van der Waals surface area (Å²) in [5.74, 6) is 1.69. The van der Waals surface area contributed by atoms with Crippen LogP contribution in [0.4, 0.5) is 0 Å². The highest BCUT2D eigenvalue weighted by Gasteiger charge is 2.20. The second-order valence-electron chi connectivity index (χ2n) is 5.65. The molecule has 0 saturated carbocycles. The molecule has 0 fully saturated rings. The summed E-state index contributed by atoms with van der Waals surface area (Å²) in [5.41, 5.74) is 3.83. The van der Waals surface area contributed by atoms with Crippen molar-refractivity contribution >= 4 is 22.8 Å². The van der Waals surface area contributed by atoms with Gasteiger partial charge >= 0.3 is 0 Å². The number of fused-ring (bicyclic) bond motifs is 2. The molecule has 2 heterocycles. The number of hydrogen-bond acceptors (Lipinski definition) is 4.